The second-order valence-corrected chi connectivity index (χ2v) is 8.71. The van der Waals surface area contributed by atoms with Crippen LogP contribution in [0.4, 0.5) is 9.52 Å². The van der Waals surface area contributed by atoms with E-state index in [4.69, 9.17) is 0 Å². The molecule has 0 saturated carbocycles. The molecule has 4 heterocycles. The van der Waals surface area contributed by atoms with Crippen LogP contribution in [0.3, 0.4) is 0 Å². The highest BCUT2D eigenvalue weighted by atomic mass is 32.1. The van der Waals surface area contributed by atoms with Crippen LogP contribution >= 0.6 is 11.3 Å². The Balaban J connectivity index is 1.26. The molecular weight excluding hydrogens is 335 g/mol. The van der Waals surface area contributed by atoms with Gasteiger partial charge >= 0.3 is 0 Å². The van der Waals surface area contributed by atoms with Gasteiger partial charge in [0, 0.05) is 32.1 Å². The average molecular weight is 358 g/mol. The van der Waals surface area contributed by atoms with Crippen molar-refractivity contribution >= 4 is 16.5 Å². The first kappa shape index (κ1) is 15.7. The molecule has 0 unspecified atom stereocenters. The molecule has 4 nitrogen and oxygen atoms in total. The summed E-state index contributed by atoms with van der Waals surface area (Å²) in [6, 6.07) is 7.47. The monoisotopic (exact) mass is 358 g/mol. The van der Waals surface area contributed by atoms with Crippen LogP contribution < -0.4 is 4.90 Å². The summed E-state index contributed by atoms with van der Waals surface area (Å²) in [5, 5.41) is 10.9. The summed E-state index contributed by atoms with van der Waals surface area (Å²) in [5.74, 6) is 1.42. The van der Waals surface area contributed by atoms with E-state index in [1.807, 2.05) is 12.1 Å². The minimum absolute atomic E-state index is 0.193. The lowest BCUT2D eigenvalue weighted by Gasteiger charge is -2.33. The number of benzene rings is 1. The zero-order valence-electron chi connectivity index (χ0n) is 14.3. The molecule has 0 amide bonds. The fourth-order valence-electron chi connectivity index (χ4n) is 4.93. The van der Waals surface area contributed by atoms with Crippen molar-refractivity contribution in [3.8, 4) is 0 Å². The molecule has 3 aliphatic heterocycles. The van der Waals surface area contributed by atoms with Crippen molar-refractivity contribution in [1.29, 1.82) is 0 Å². The molecule has 0 radical (unpaired) electrons. The van der Waals surface area contributed by atoms with Gasteiger partial charge in [0.05, 0.1) is 0 Å². The summed E-state index contributed by atoms with van der Waals surface area (Å²) >= 11 is 1.69. The summed E-state index contributed by atoms with van der Waals surface area (Å²) in [5.41, 5.74) is 1.08. The van der Waals surface area contributed by atoms with Crippen LogP contribution in [-0.4, -0.2) is 47.3 Å². The summed E-state index contributed by atoms with van der Waals surface area (Å²) in [7, 11) is 0. The standard InChI is InChI=1S/C19H23FN4S/c20-15-6-4-13(5-7-15)9-18-21-22-19(25-18)24-11-14-10-23-8-2-1-3-17(23)16(14)12-24/h4-7,14,16-17H,1-3,8-12H2/t14-,16-,17-/m0/s1. The number of fused-ring (bicyclic) bond motifs is 3. The number of halogens is 1. The second kappa shape index (κ2) is 6.32. The summed E-state index contributed by atoms with van der Waals surface area (Å²) in [6.07, 6.45) is 4.88. The number of nitrogens with zero attached hydrogens (tertiary/aromatic N) is 4. The van der Waals surface area contributed by atoms with E-state index < -0.39 is 0 Å². The third kappa shape index (κ3) is 2.95. The van der Waals surface area contributed by atoms with Crippen LogP contribution in [0, 0.1) is 17.7 Å². The number of aromatic nitrogens is 2. The Labute approximate surface area is 151 Å². The minimum Gasteiger partial charge on any atom is -0.346 e. The van der Waals surface area contributed by atoms with E-state index in [0.29, 0.717) is 0 Å². The zero-order valence-corrected chi connectivity index (χ0v) is 15.1. The number of hydrogen-bond acceptors (Lipinski definition) is 5. The topological polar surface area (TPSA) is 32.3 Å². The maximum Gasteiger partial charge on any atom is 0.208 e. The lowest BCUT2D eigenvalue weighted by atomic mass is 9.90. The molecule has 1 aromatic heterocycles. The molecule has 5 rings (SSSR count). The number of anilines is 1. The van der Waals surface area contributed by atoms with Crippen LogP contribution in [0.2, 0.25) is 0 Å². The van der Waals surface area contributed by atoms with Crippen molar-refractivity contribution in [2.75, 3.05) is 31.1 Å². The largest absolute Gasteiger partial charge is 0.346 e. The molecule has 3 fully saturated rings. The van der Waals surface area contributed by atoms with Gasteiger partial charge in [-0.2, -0.15) is 0 Å². The molecular formula is C19H23FN4S. The Bertz CT molecular complexity index is 746. The maximum atomic E-state index is 13.0. The van der Waals surface area contributed by atoms with Gasteiger partial charge in [0.25, 0.3) is 0 Å². The fourth-order valence-corrected chi connectivity index (χ4v) is 5.82. The third-order valence-corrected chi connectivity index (χ3v) is 7.10. The predicted molar refractivity (Wildman–Crippen MR) is 97.5 cm³/mol. The predicted octanol–water partition coefficient (Wildman–Crippen LogP) is 3.19. The second-order valence-electron chi connectivity index (χ2n) is 7.67. The van der Waals surface area contributed by atoms with E-state index in [-0.39, 0.29) is 5.82 Å². The van der Waals surface area contributed by atoms with Crippen LogP contribution in [0.1, 0.15) is 29.8 Å². The molecule has 0 N–H and O–H groups in total. The van der Waals surface area contributed by atoms with Gasteiger partial charge in [0.15, 0.2) is 0 Å². The highest BCUT2D eigenvalue weighted by Crippen LogP contribution is 2.42. The van der Waals surface area contributed by atoms with Crippen LogP contribution in [0.5, 0.6) is 0 Å². The van der Waals surface area contributed by atoms with E-state index in [1.54, 1.807) is 11.3 Å². The molecule has 3 atom stereocenters. The highest BCUT2D eigenvalue weighted by Gasteiger charge is 2.47. The van der Waals surface area contributed by atoms with Gasteiger partial charge in [-0.3, -0.25) is 4.90 Å². The van der Waals surface area contributed by atoms with Crippen molar-refractivity contribution in [2.24, 2.45) is 11.8 Å². The molecule has 3 saturated heterocycles. The number of hydrogen-bond donors (Lipinski definition) is 0. The van der Waals surface area contributed by atoms with Crippen molar-refractivity contribution in [1.82, 2.24) is 15.1 Å². The highest BCUT2D eigenvalue weighted by molar-refractivity contribution is 7.15. The first-order valence-corrected chi connectivity index (χ1v) is 10.1. The lowest BCUT2D eigenvalue weighted by Crippen LogP contribution is -2.39. The van der Waals surface area contributed by atoms with E-state index >= 15 is 0 Å². The SMILES string of the molecule is Fc1ccc(Cc2nnc(N3C[C@@H]4CN5CCCC[C@H]5[C@H]4C3)s2)cc1. The molecule has 3 aliphatic rings. The van der Waals surface area contributed by atoms with Gasteiger partial charge < -0.3 is 4.90 Å². The number of rotatable bonds is 3. The van der Waals surface area contributed by atoms with E-state index in [1.165, 1.54) is 44.5 Å². The Kier molecular flexibility index (Phi) is 3.97. The maximum absolute atomic E-state index is 13.0. The van der Waals surface area contributed by atoms with E-state index in [2.05, 4.69) is 20.0 Å². The fraction of sp³-hybridized carbons (Fsp3) is 0.579. The molecule has 132 valence electrons. The summed E-state index contributed by atoms with van der Waals surface area (Å²) < 4.78 is 13.0. The Morgan fingerprint density at radius 3 is 2.84 bits per heavy atom. The van der Waals surface area contributed by atoms with Crippen molar-refractivity contribution in [3.05, 3.63) is 40.7 Å². The van der Waals surface area contributed by atoms with Crippen LogP contribution in [0.15, 0.2) is 24.3 Å². The smallest absolute Gasteiger partial charge is 0.208 e. The van der Waals surface area contributed by atoms with Gasteiger partial charge in [-0.05, 0) is 48.9 Å². The van der Waals surface area contributed by atoms with Gasteiger partial charge in [-0.15, -0.1) is 10.2 Å². The molecule has 6 heteroatoms. The molecule has 2 aromatic rings. The average Bonchev–Trinajstić information content (AvgIpc) is 3.31. The lowest BCUT2D eigenvalue weighted by molar-refractivity contribution is 0.173. The van der Waals surface area contributed by atoms with Gasteiger partial charge in [0.2, 0.25) is 5.13 Å². The Morgan fingerprint density at radius 2 is 1.96 bits per heavy atom. The van der Waals surface area contributed by atoms with Crippen molar-refractivity contribution < 1.29 is 4.39 Å². The minimum atomic E-state index is -0.193. The summed E-state index contributed by atoms with van der Waals surface area (Å²) in [4.78, 5) is 5.18. The Hall–Kier alpha value is -1.53. The van der Waals surface area contributed by atoms with Crippen LogP contribution in [-0.2, 0) is 6.42 Å². The van der Waals surface area contributed by atoms with Gasteiger partial charge in [-0.25, -0.2) is 4.39 Å². The van der Waals surface area contributed by atoms with Gasteiger partial charge in [0.1, 0.15) is 10.8 Å². The molecule has 0 bridgehead atoms. The van der Waals surface area contributed by atoms with E-state index in [9.17, 15) is 4.39 Å². The van der Waals surface area contributed by atoms with Crippen molar-refractivity contribution in [2.45, 2.75) is 31.7 Å². The third-order valence-electron chi connectivity index (χ3n) is 6.11. The Morgan fingerprint density at radius 1 is 1.08 bits per heavy atom. The molecule has 0 spiro atoms. The first-order valence-electron chi connectivity index (χ1n) is 9.32. The molecule has 1 aromatic carbocycles. The first-order chi connectivity index (χ1) is 12.3. The van der Waals surface area contributed by atoms with E-state index in [0.717, 1.165) is 53.1 Å². The molecule has 25 heavy (non-hydrogen) atoms. The quantitative estimate of drug-likeness (QED) is 0.843. The normalized spacial score (nSPS) is 29.0. The zero-order chi connectivity index (χ0) is 16.8. The number of piperidine rings is 1. The van der Waals surface area contributed by atoms with Gasteiger partial charge in [-0.1, -0.05) is 29.9 Å². The molecule has 0 aliphatic carbocycles. The van der Waals surface area contributed by atoms with Crippen LogP contribution in [0.25, 0.3) is 0 Å². The summed E-state index contributed by atoms with van der Waals surface area (Å²) in [6.45, 7) is 4.84. The van der Waals surface area contributed by atoms with Crippen molar-refractivity contribution in [3.63, 3.8) is 0 Å².